The van der Waals surface area contributed by atoms with Crippen LogP contribution in [0.15, 0.2) is 28.7 Å². The number of hydrogen-bond donors (Lipinski definition) is 3. The highest BCUT2D eigenvalue weighted by Gasteiger charge is 2.42. The van der Waals surface area contributed by atoms with Crippen LogP contribution >= 0.6 is 27.5 Å². The highest BCUT2D eigenvalue weighted by atomic mass is 79.9. The van der Waals surface area contributed by atoms with Gasteiger partial charge in [0.2, 0.25) is 0 Å². The summed E-state index contributed by atoms with van der Waals surface area (Å²) in [4.78, 5) is 15.2. The van der Waals surface area contributed by atoms with Gasteiger partial charge in [-0.15, -0.1) is 0 Å². The van der Waals surface area contributed by atoms with Crippen LogP contribution in [0.25, 0.3) is 11.3 Å². The number of aromatic amines is 1. The molecule has 2 heterocycles. The predicted molar refractivity (Wildman–Crippen MR) is 136 cm³/mol. The number of amides is 1. The molecule has 186 valence electrons. The molecular formula is C25H27BrClN3O5. The van der Waals surface area contributed by atoms with Crippen LogP contribution in [0.5, 0.6) is 17.2 Å². The van der Waals surface area contributed by atoms with E-state index in [1.807, 2.05) is 13.8 Å². The summed E-state index contributed by atoms with van der Waals surface area (Å²) in [6.45, 7) is 6.66. The minimum absolute atomic E-state index is 0.0145. The van der Waals surface area contributed by atoms with Crippen LogP contribution in [-0.2, 0) is 4.74 Å². The number of ether oxygens (including phenoxy) is 2. The van der Waals surface area contributed by atoms with Crippen LogP contribution in [0.4, 0.5) is 0 Å². The second kappa shape index (κ2) is 10.1. The number of carbonyl (C=O) groups is 1. The molecule has 0 radical (unpaired) electrons. The van der Waals surface area contributed by atoms with Crippen molar-refractivity contribution >= 4 is 33.4 Å². The fourth-order valence-electron chi connectivity index (χ4n) is 4.30. The average molecular weight is 565 g/mol. The van der Waals surface area contributed by atoms with E-state index in [-0.39, 0.29) is 29.3 Å². The van der Waals surface area contributed by atoms with Gasteiger partial charge in [-0.1, -0.05) is 11.6 Å². The number of nitrogens with one attached hydrogen (secondary N) is 1. The Morgan fingerprint density at radius 3 is 2.69 bits per heavy atom. The molecular weight excluding hydrogens is 538 g/mol. The third-order valence-corrected chi connectivity index (χ3v) is 6.99. The maximum Gasteiger partial charge on any atom is 0.273 e. The van der Waals surface area contributed by atoms with E-state index >= 15 is 0 Å². The first-order valence-corrected chi connectivity index (χ1v) is 12.4. The summed E-state index contributed by atoms with van der Waals surface area (Å²) in [7, 11) is 1.47. The number of benzene rings is 2. The van der Waals surface area contributed by atoms with Gasteiger partial charge >= 0.3 is 0 Å². The van der Waals surface area contributed by atoms with Gasteiger partial charge in [-0.05, 0) is 78.5 Å². The average Bonchev–Trinajstić information content (AvgIpc) is 3.34. The van der Waals surface area contributed by atoms with Gasteiger partial charge in [0.25, 0.3) is 5.91 Å². The fraction of sp³-hybridized carbons (Fsp3) is 0.360. The molecule has 0 fully saturated rings. The normalized spacial score (nSPS) is 15.2. The van der Waals surface area contributed by atoms with Crippen molar-refractivity contribution in [3.63, 3.8) is 0 Å². The number of phenolic OH excluding ortho intramolecular Hbond substituents is 2. The molecule has 8 nitrogen and oxygen atoms in total. The molecule has 1 aliphatic rings. The van der Waals surface area contributed by atoms with Crippen molar-refractivity contribution < 1.29 is 24.5 Å². The number of H-pyrrole nitrogens is 1. The third-order valence-electron chi connectivity index (χ3n) is 5.98. The van der Waals surface area contributed by atoms with E-state index in [2.05, 4.69) is 26.1 Å². The predicted octanol–water partition coefficient (Wildman–Crippen LogP) is 5.58. The number of aryl methyl sites for hydroxylation is 1. The van der Waals surface area contributed by atoms with Crippen molar-refractivity contribution in [1.82, 2.24) is 15.1 Å². The number of fused-ring (bicyclic) bond motifs is 1. The Labute approximate surface area is 216 Å². The quantitative estimate of drug-likeness (QED) is 0.308. The molecule has 4 rings (SSSR count). The number of halogens is 2. The van der Waals surface area contributed by atoms with Crippen LogP contribution in [-0.4, -0.2) is 57.6 Å². The summed E-state index contributed by atoms with van der Waals surface area (Å²) in [5.41, 5.74) is 3.26. The van der Waals surface area contributed by atoms with E-state index in [0.717, 1.165) is 5.56 Å². The summed E-state index contributed by atoms with van der Waals surface area (Å²) >= 11 is 9.75. The summed E-state index contributed by atoms with van der Waals surface area (Å²) in [6, 6.07) is 6.13. The topological polar surface area (TPSA) is 108 Å². The molecule has 0 saturated carbocycles. The number of aromatic nitrogens is 2. The minimum Gasteiger partial charge on any atom is -0.507 e. The van der Waals surface area contributed by atoms with Crippen molar-refractivity contribution in [1.29, 1.82) is 0 Å². The lowest BCUT2D eigenvalue weighted by molar-refractivity contribution is 0.0601. The number of hydrogen-bond acceptors (Lipinski definition) is 6. The van der Waals surface area contributed by atoms with Gasteiger partial charge in [-0.2, -0.15) is 5.10 Å². The highest BCUT2D eigenvalue weighted by Crippen LogP contribution is 2.47. The Morgan fingerprint density at radius 2 is 2.00 bits per heavy atom. The van der Waals surface area contributed by atoms with Crippen molar-refractivity contribution in [2.45, 2.75) is 39.3 Å². The van der Waals surface area contributed by atoms with Crippen molar-refractivity contribution in [3.05, 3.63) is 56.1 Å². The Balaban J connectivity index is 1.85. The Hall–Kier alpha value is -2.75. The largest absolute Gasteiger partial charge is 0.507 e. The zero-order chi connectivity index (χ0) is 25.4. The van der Waals surface area contributed by atoms with Gasteiger partial charge in [0.15, 0.2) is 11.5 Å². The molecule has 0 aliphatic carbocycles. The summed E-state index contributed by atoms with van der Waals surface area (Å²) in [5, 5.41) is 28.8. The summed E-state index contributed by atoms with van der Waals surface area (Å²) < 4.78 is 11.5. The van der Waals surface area contributed by atoms with E-state index in [1.165, 1.54) is 7.11 Å². The second-order valence-electron chi connectivity index (χ2n) is 8.71. The van der Waals surface area contributed by atoms with E-state index in [4.69, 9.17) is 21.1 Å². The molecule has 2 aromatic carbocycles. The first-order chi connectivity index (χ1) is 16.6. The van der Waals surface area contributed by atoms with Gasteiger partial charge in [0, 0.05) is 29.3 Å². The molecule has 0 bridgehead atoms. The van der Waals surface area contributed by atoms with Crippen LogP contribution in [0, 0.1) is 6.92 Å². The minimum atomic E-state index is -0.546. The first kappa shape index (κ1) is 25.3. The van der Waals surface area contributed by atoms with Crippen LogP contribution < -0.4 is 4.74 Å². The van der Waals surface area contributed by atoms with Gasteiger partial charge in [-0.3, -0.25) is 9.89 Å². The van der Waals surface area contributed by atoms with Crippen molar-refractivity contribution in [2.24, 2.45) is 0 Å². The standard InChI is InChI=1S/C25H27BrClN3O5/c1-12(2)35-7-5-6-30-23(14-9-16(26)24(32)19(10-14)34-4)20-21(28-29-22(20)25(30)33)15-11-17(27)13(3)8-18(15)31/h8-12,23,31-32H,5-7H2,1-4H3,(H,28,29). The number of methoxy groups -OCH3 is 1. The number of aromatic hydroxyl groups is 2. The lowest BCUT2D eigenvalue weighted by Crippen LogP contribution is -2.31. The Bertz CT molecular complexity index is 1280. The van der Waals surface area contributed by atoms with Crippen LogP contribution in [0.2, 0.25) is 5.02 Å². The molecule has 35 heavy (non-hydrogen) atoms. The van der Waals surface area contributed by atoms with Gasteiger partial charge < -0.3 is 24.6 Å². The van der Waals surface area contributed by atoms with Gasteiger partial charge in [-0.25, -0.2) is 0 Å². The maximum atomic E-state index is 13.5. The molecule has 1 atom stereocenters. The molecule has 0 spiro atoms. The molecule has 10 heteroatoms. The zero-order valence-electron chi connectivity index (χ0n) is 19.9. The maximum absolute atomic E-state index is 13.5. The molecule has 1 unspecified atom stereocenters. The first-order valence-electron chi connectivity index (χ1n) is 11.2. The Kier molecular flexibility index (Phi) is 7.30. The van der Waals surface area contributed by atoms with Crippen molar-refractivity contribution in [3.8, 4) is 28.5 Å². The SMILES string of the molecule is COc1cc(C2c3c(-c4cc(Cl)c(C)cc4O)n[nH]c3C(=O)N2CCCOC(C)C)cc(Br)c1O. The number of carbonyl (C=O) groups excluding carboxylic acids is 1. The lowest BCUT2D eigenvalue weighted by Gasteiger charge is -2.27. The monoisotopic (exact) mass is 563 g/mol. The number of phenols is 2. The molecule has 1 aromatic heterocycles. The summed E-state index contributed by atoms with van der Waals surface area (Å²) in [5.74, 6) is 0.0347. The van der Waals surface area contributed by atoms with Gasteiger partial charge in [0.05, 0.1) is 23.7 Å². The van der Waals surface area contributed by atoms with E-state index in [1.54, 1.807) is 36.1 Å². The van der Waals surface area contributed by atoms with E-state index < -0.39 is 6.04 Å². The Morgan fingerprint density at radius 1 is 1.26 bits per heavy atom. The fourth-order valence-corrected chi connectivity index (χ4v) is 4.92. The summed E-state index contributed by atoms with van der Waals surface area (Å²) in [6.07, 6.45) is 0.723. The lowest BCUT2D eigenvalue weighted by atomic mass is 9.95. The smallest absolute Gasteiger partial charge is 0.273 e. The zero-order valence-corrected chi connectivity index (χ0v) is 22.2. The van der Waals surface area contributed by atoms with Crippen molar-refractivity contribution in [2.75, 3.05) is 20.3 Å². The van der Waals surface area contributed by atoms with E-state index in [0.29, 0.717) is 57.1 Å². The molecule has 3 aromatic rings. The number of rotatable bonds is 8. The second-order valence-corrected chi connectivity index (χ2v) is 9.97. The molecule has 3 N–H and O–H groups in total. The van der Waals surface area contributed by atoms with Gasteiger partial charge in [0.1, 0.15) is 17.1 Å². The molecule has 1 amide bonds. The third kappa shape index (κ3) is 4.72. The molecule has 0 saturated heterocycles. The molecule has 1 aliphatic heterocycles. The van der Waals surface area contributed by atoms with E-state index in [9.17, 15) is 15.0 Å². The van der Waals surface area contributed by atoms with Crippen LogP contribution in [0.1, 0.15) is 53.5 Å². The number of nitrogens with zero attached hydrogens (tertiary/aromatic N) is 2. The van der Waals surface area contributed by atoms with Crippen LogP contribution in [0.3, 0.4) is 0 Å². The highest BCUT2D eigenvalue weighted by molar-refractivity contribution is 9.10.